The van der Waals surface area contributed by atoms with Crippen molar-refractivity contribution in [3.63, 3.8) is 0 Å². The van der Waals surface area contributed by atoms with Crippen molar-refractivity contribution in [3.05, 3.63) is 28.2 Å². The highest BCUT2D eigenvalue weighted by Gasteiger charge is 2.11. The summed E-state index contributed by atoms with van der Waals surface area (Å²) in [4.78, 5) is 11.6. The molecule has 84 valence electrons. The van der Waals surface area contributed by atoms with Gasteiger partial charge in [0.05, 0.1) is 17.6 Å². The average molecular weight is 283 g/mol. The van der Waals surface area contributed by atoms with Gasteiger partial charge in [0.1, 0.15) is 5.75 Å². The topological polar surface area (TPSA) is 73.1 Å². The molecule has 0 radical (unpaired) electrons. The van der Waals surface area contributed by atoms with E-state index in [2.05, 4.69) is 21.2 Å². The van der Waals surface area contributed by atoms with Crippen molar-refractivity contribution in [3.8, 4) is 11.8 Å². The lowest BCUT2D eigenvalue weighted by molar-refractivity contribution is 0.0948. The zero-order valence-electron chi connectivity index (χ0n) is 8.70. The van der Waals surface area contributed by atoms with E-state index in [9.17, 15) is 9.90 Å². The van der Waals surface area contributed by atoms with Crippen molar-refractivity contribution in [2.75, 3.05) is 6.54 Å². The molecule has 0 saturated carbocycles. The standard InChI is InChI=1S/C11H11BrN2O2/c1-7(5-13)6-14-11(16)9-3-2-8(12)4-10(9)15/h2-4,7,15H,6H2,1H3,(H,14,16). The molecule has 0 saturated heterocycles. The number of phenols is 1. The first kappa shape index (κ1) is 12.5. The average Bonchev–Trinajstić information content (AvgIpc) is 2.25. The second kappa shape index (κ2) is 5.52. The van der Waals surface area contributed by atoms with Gasteiger partial charge in [-0.25, -0.2) is 0 Å². The molecule has 5 heteroatoms. The van der Waals surface area contributed by atoms with E-state index in [0.717, 1.165) is 0 Å². The third kappa shape index (κ3) is 3.24. The number of amides is 1. The molecule has 0 aliphatic heterocycles. The summed E-state index contributed by atoms with van der Waals surface area (Å²) in [7, 11) is 0. The highest BCUT2D eigenvalue weighted by atomic mass is 79.9. The van der Waals surface area contributed by atoms with E-state index in [4.69, 9.17) is 5.26 Å². The van der Waals surface area contributed by atoms with Crippen LogP contribution in [0.2, 0.25) is 0 Å². The molecule has 1 aromatic rings. The third-order valence-electron chi connectivity index (χ3n) is 1.99. The fourth-order valence-corrected chi connectivity index (χ4v) is 1.43. The summed E-state index contributed by atoms with van der Waals surface area (Å²) in [5.74, 6) is -0.717. The van der Waals surface area contributed by atoms with Gasteiger partial charge in [-0.1, -0.05) is 15.9 Å². The van der Waals surface area contributed by atoms with Crippen LogP contribution < -0.4 is 5.32 Å². The number of phenolic OH excluding ortho intramolecular Hbond substituents is 1. The van der Waals surface area contributed by atoms with Gasteiger partial charge in [0.2, 0.25) is 0 Å². The van der Waals surface area contributed by atoms with Gasteiger partial charge in [0.25, 0.3) is 5.91 Å². The number of nitrogens with one attached hydrogen (secondary N) is 1. The van der Waals surface area contributed by atoms with Crippen molar-refractivity contribution >= 4 is 21.8 Å². The lowest BCUT2D eigenvalue weighted by Crippen LogP contribution is -2.27. The molecule has 1 atom stereocenters. The van der Waals surface area contributed by atoms with E-state index in [1.54, 1.807) is 13.0 Å². The summed E-state index contributed by atoms with van der Waals surface area (Å²) in [6.45, 7) is 1.98. The van der Waals surface area contributed by atoms with E-state index in [1.165, 1.54) is 12.1 Å². The lowest BCUT2D eigenvalue weighted by atomic mass is 10.1. The number of nitrogens with zero attached hydrogens (tertiary/aromatic N) is 1. The van der Waals surface area contributed by atoms with Crippen LogP contribution in [-0.4, -0.2) is 17.6 Å². The Morgan fingerprint density at radius 1 is 1.69 bits per heavy atom. The van der Waals surface area contributed by atoms with Crippen molar-refractivity contribution < 1.29 is 9.90 Å². The Bertz CT molecular complexity index is 440. The van der Waals surface area contributed by atoms with Gasteiger partial charge >= 0.3 is 0 Å². The fourth-order valence-electron chi connectivity index (χ4n) is 1.08. The van der Waals surface area contributed by atoms with Gasteiger partial charge in [0.15, 0.2) is 0 Å². The molecule has 16 heavy (non-hydrogen) atoms. The van der Waals surface area contributed by atoms with Crippen LogP contribution in [-0.2, 0) is 0 Å². The third-order valence-corrected chi connectivity index (χ3v) is 2.49. The van der Waals surface area contributed by atoms with Gasteiger partial charge in [0, 0.05) is 11.0 Å². The van der Waals surface area contributed by atoms with Crippen LogP contribution in [0.1, 0.15) is 17.3 Å². The van der Waals surface area contributed by atoms with Crippen LogP contribution >= 0.6 is 15.9 Å². The number of rotatable bonds is 3. The molecule has 0 fully saturated rings. The first-order valence-corrected chi connectivity index (χ1v) is 5.50. The fraction of sp³-hybridized carbons (Fsp3) is 0.273. The molecule has 0 heterocycles. The number of carbonyl (C=O) groups excluding carboxylic acids is 1. The van der Waals surface area contributed by atoms with Crippen LogP contribution in [0.5, 0.6) is 5.75 Å². The monoisotopic (exact) mass is 282 g/mol. The van der Waals surface area contributed by atoms with Gasteiger partial charge < -0.3 is 10.4 Å². The Labute approximate surface area is 102 Å². The second-order valence-electron chi connectivity index (χ2n) is 3.40. The minimum atomic E-state index is -0.382. The lowest BCUT2D eigenvalue weighted by Gasteiger charge is -2.07. The van der Waals surface area contributed by atoms with E-state index >= 15 is 0 Å². The van der Waals surface area contributed by atoms with E-state index in [0.29, 0.717) is 4.47 Å². The van der Waals surface area contributed by atoms with Crippen molar-refractivity contribution in [1.29, 1.82) is 5.26 Å². The number of hydrogen-bond donors (Lipinski definition) is 2. The summed E-state index contributed by atoms with van der Waals surface area (Å²) in [5, 5.41) is 20.7. The summed E-state index contributed by atoms with van der Waals surface area (Å²) in [5.41, 5.74) is 0.202. The van der Waals surface area contributed by atoms with Crippen LogP contribution in [0, 0.1) is 17.2 Å². The van der Waals surface area contributed by atoms with Gasteiger partial charge in [-0.2, -0.15) is 5.26 Å². The molecule has 0 spiro atoms. The molecule has 0 aromatic heterocycles. The molecule has 0 aliphatic rings. The largest absolute Gasteiger partial charge is 0.507 e. The molecule has 0 aliphatic carbocycles. The molecular formula is C11H11BrN2O2. The normalized spacial score (nSPS) is 11.6. The predicted octanol–water partition coefficient (Wildman–Crippen LogP) is 2.04. The van der Waals surface area contributed by atoms with Crippen molar-refractivity contribution in [2.45, 2.75) is 6.92 Å². The molecule has 4 nitrogen and oxygen atoms in total. The zero-order valence-corrected chi connectivity index (χ0v) is 10.3. The maximum atomic E-state index is 11.6. The first-order chi connectivity index (χ1) is 7.54. The Morgan fingerprint density at radius 2 is 2.38 bits per heavy atom. The number of carbonyl (C=O) groups is 1. The Hall–Kier alpha value is -1.54. The minimum Gasteiger partial charge on any atom is -0.507 e. The molecule has 1 amide bonds. The van der Waals surface area contributed by atoms with Gasteiger partial charge in [-0.15, -0.1) is 0 Å². The molecular weight excluding hydrogens is 272 g/mol. The smallest absolute Gasteiger partial charge is 0.255 e. The van der Waals surface area contributed by atoms with Crippen LogP contribution in [0.4, 0.5) is 0 Å². The SMILES string of the molecule is CC(C#N)CNC(=O)c1ccc(Br)cc1O. The Balaban J connectivity index is 2.71. The Morgan fingerprint density at radius 3 is 2.94 bits per heavy atom. The van der Waals surface area contributed by atoms with Crippen molar-refractivity contribution in [1.82, 2.24) is 5.32 Å². The first-order valence-electron chi connectivity index (χ1n) is 4.71. The van der Waals surface area contributed by atoms with Crippen LogP contribution in [0.25, 0.3) is 0 Å². The maximum absolute atomic E-state index is 11.6. The summed E-state index contributed by atoms with van der Waals surface area (Å²) < 4.78 is 0.701. The van der Waals surface area contributed by atoms with E-state index < -0.39 is 0 Å². The predicted molar refractivity (Wildman–Crippen MR) is 62.9 cm³/mol. The van der Waals surface area contributed by atoms with E-state index in [1.807, 2.05) is 6.07 Å². The quantitative estimate of drug-likeness (QED) is 0.891. The number of hydrogen-bond acceptors (Lipinski definition) is 3. The molecule has 1 aromatic carbocycles. The summed E-state index contributed by atoms with van der Waals surface area (Å²) >= 11 is 3.18. The highest BCUT2D eigenvalue weighted by Crippen LogP contribution is 2.21. The highest BCUT2D eigenvalue weighted by molar-refractivity contribution is 9.10. The minimum absolute atomic E-state index is 0.0866. The molecule has 1 rings (SSSR count). The molecule has 0 bridgehead atoms. The molecule has 1 unspecified atom stereocenters. The Kier molecular flexibility index (Phi) is 4.32. The van der Waals surface area contributed by atoms with Crippen LogP contribution in [0.15, 0.2) is 22.7 Å². The second-order valence-corrected chi connectivity index (χ2v) is 4.32. The number of halogens is 1. The van der Waals surface area contributed by atoms with Crippen molar-refractivity contribution in [2.24, 2.45) is 5.92 Å². The summed E-state index contributed by atoms with van der Waals surface area (Å²) in [6.07, 6.45) is 0. The number of nitriles is 1. The number of benzene rings is 1. The van der Waals surface area contributed by atoms with Crippen LogP contribution in [0.3, 0.4) is 0 Å². The van der Waals surface area contributed by atoms with E-state index in [-0.39, 0.29) is 29.7 Å². The zero-order chi connectivity index (χ0) is 12.1. The maximum Gasteiger partial charge on any atom is 0.255 e. The van der Waals surface area contributed by atoms with Gasteiger partial charge in [-0.3, -0.25) is 4.79 Å². The summed E-state index contributed by atoms with van der Waals surface area (Å²) in [6, 6.07) is 6.65. The molecule has 2 N–H and O–H groups in total. The number of aromatic hydroxyl groups is 1. The van der Waals surface area contributed by atoms with Gasteiger partial charge in [-0.05, 0) is 25.1 Å².